The van der Waals surface area contributed by atoms with E-state index in [9.17, 15) is 9.59 Å². The summed E-state index contributed by atoms with van der Waals surface area (Å²) < 4.78 is 11.9. The van der Waals surface area contributed by atoms with Gasteiger partial charge in [0.15, 0.2) is 0 Å². The van der Waals surface area contributed by atoms with Crippen LogP contribution in [0.5, 0.6) is 5.75 Å². The molecule has 1 aromatic carbocycles. The first-order valence-electron chi connectivity index (χ1n) is 12.8. The topological polar surface area (TPSA) is 88.1 Å². The van der Waals surface area contributed by atoms with Crippen LogP contribution in [0.15, 0.2) is 54.3 Å². The summed E-state index contributed by atoms with van der Waals surface area (Å²) in [4.78, 5) is 40.7. The van der Waals surface area contributed by atoms with Gasteiger partial charge in [-0.05, 0) is 42.3 Å². The van der Waals surface area contributed by atoms with Crippen molar-refractivity contribution in [3.8, 4) is 5.75 Å². The molecule has 1 unspecified atom stereocenters. The van der Waals surface area contributed by atoms with E-state index >= 15 is 0 Å². The lowest BCUT2D eigenvalue weighted by Crippen LogP contribution is -2.33. The Morgan fingerprint density at radius 3 is 2.77 bits per heavy atom. The average Bonchev–Trinajstić information content (AvgIpc) is 3.41. The highest BCUT2D eigenvalue weighted by molar-refractivity contribution is 8.32. The normalized spacial score (nSPS) is 14.8. The molecule has 11 heteroatoms. The van der Waals surface area contributed by atoms with Gasteiger partial charge in [0.25, 0.3) is 5.91 Å². The van der Waals surface area contributed by atoms with Crippen LogP contribution in [-0.4, -0.2) is 91.7 Å². The Morgan fingerprint density at radius 2 is 2.03 bits per heavy atom. The molecule has 0 N–H and O–H groups in total. The molecule has 0 bridgehead atoms. The Kier molecular flexibility index (Phi) is 9.34. The van der Waals surface area contributed by atoms with Crippen LogP contribution in [0.3, 0.4) is 0 Å². The summed E-state index contributed by atoms with van der Waals surface area (Å²) in [5, 5.41) is 2.01. The fourth-order valence-electron chi connectivity index (χ4n) is 4.14. The number of thiophene rings is 1. The summed E-state index contributed by atoms with van der Waals surface area (Å²) >= 11 is 1.61. The van der Waals surface area contributed by atoms with Crippen molar-refractivity contribution in [3.05, 3.63) is 64.7 Å². The summed E-state index contributed by atoms with van der Waals surface area (Å²) in [5.41, 5.74) is 1.22. The zero-order valence-corrected chi connectivity index (χ0v) is 24.8. The SMILES string of the molecule is CN(CCC(Oc1cccc(N2CCN(C)c3ncncc3C2=O)c1)c1cccs1)C(=O)OCCS(C)(C)C. The number of likely N-dealkylation sites (N-methyl/N-ethyl adjacent to an activating group) is 1. The highest BCUT2D eigenvalue weighted by Gasteiger charge is 2.28. The van der Waals surface area contributed by atoms with Crippen LogP contribution in [0.4, 0.5) is 16.3 Å². The minimum atomic E-state index is -0.718. The molecule has 2 amide bonds. The molecule has 0 saturated heterocycles. The van der Waals surface area contributed by atoms with Gasteiger partial charge in [-0.2, -0.15) is 0 Å². The Hall–Kier alpha value is -3.31. The summed E-state index contributed by atoms with van der Waals surface area (Å²) in [6.45, 7) is 2.06. The summed E-state index contributed by atoms with van der Waals surface area (Å²) in [6, 6.07) is 11.6. The third-order valence-corrected chi connectivity index (χ3v) is 8.77. The molecule has 1 atom stereocenters. The van der Waals surface area contributed by atoms with Gasteiger partial charge in [0.2, 0.25) is 0 Å². The van der Waals surface area contributed by atoms with Gasteiger partial charge in [-0.15, -0.1) is 11.3 Å². The van der Waals surface area contributed by atoms with Gasteiger partial charge in [-0.1, -0.05) is 12.1 Å². The molecule has 0 aliphatic carbocycles. The van der Waals surface area contributed by atoms with E-state index in [1.54, 1.807) is 34.4 Å². The van der Waals surface area contributed by atoms with Crippen molar-refractivity contribution < 1.29 is 19.1 Å². The lowest BCUT2D eigenvalue weighted by atomic mass is 10.2. The maximum absolute atomic E-state index is 13.4. The fourth-order valence-corrected chi connectivity index (χ4v) is 5.51. The zero-order chi connectivity index (χ0) is 28.0. The summed E-state index contributed by atoms with van der Waals surface area (Å²) in [6.07, 6.45) is 9.67. The third kappa shape index (κ3) is 7.63. The van der Waals surface area contributed by atoms with E-state index in [4.69, 9.17) is 9.47 Å². The van der Waals surface area contributed by atoms with Gasteiger partial charge >= 0.3 is 6.09 Å². The van der Waals surface area contributed by atoms with Gasteiger partial charge in [-0.25, -0.2) is 24.8 Å². The maximum atomic E-state index is 13.4. The molecule has 0 radical (unpaired) electrons. The second-order valence-electron chi connectivity index (χ2n) is 10.4. The number of carbonyl (C=O) groups is 2. The van der Waals surface area contributed by atoms with Crippen LogP contribution in [0.2, 0.25) is 0 Å². The van der Waals surface area contributed by atoms with Crippen LogP contribution in [-0.2, 0) is 4.74 Å². The van der Waals surface area contributed by atoms with E-state index in [-0.39, 0.29) is 18.1 Å². The van der Waals surface area contributed by atoms with E-state index in [1.165, 1.54) is 6.33 Å². The van der Waals surface area contributed by atoms with Gasteiger partial charge in [0.05, 0.1) is 0 Å². The second-order valence-corrected chi connectivity index (χ2v) is 15.9. The molecule has 0 spiro atoms. The van der Waals surface area contributed by atoms with E-state index in [2.05, 4.69) is 28.7 Å². The Balaban J connectivity index is 1.45. The molecule has 210 valence electrons. The lowest BCUT2D eigenvalue weighted by Gasteiger charge is -2.26. The molecule has 2 aromatic heterocycles. The Morgan fingerprint density at radius 1 is 1.21 bits per heavy atom. The molecule has 4 rings (SSSR count). The number of hydrogen-bond acceptors (Lipinski definition) is 8. The maximum Gasteiger partial charge on any atom is 0.409 e. The van der Waals surface area contributed by atoms with Crippen LogP contribution in [0.1, 0.15) is 27.8 Å². The number of nitrogens with zero attached hydrogens (tertiary/aromatic N) is 5. The number of fused-ring (bicyclic) bond motifs is 1. The highest BCUT2D eigenvalue weighted by Crippen LogP contribution is 2.34. The standard InChI is InChI=1S/C28H37N5O4S2/c1-31-13-14-33(27(34)23-19-29-20-30-26(23)31)21-8-6-9-22(18-21)37-24(25-10-7-16-38-25)11-12-32(2)28(35)36-15-17-39(3,4)5/h6-10,16,18-20,24H,11-15,17H2,1-5H3. The number of carbonyl (C=O) groups excluding carboxylic acids is 2. The smallest absolute Gasteiger partial charge is 0.409 e. The molecule has 39 heavy (non-hydrogen) atoms. The molecule has 3 aromatic rings. The van der Waals surface area contributed by atoms with Gasteiger partial charge in [-0.3, -0.25) is 4.79 Å². The van der Waals surface area contributed by atoms with Crippen molar-refractivity contribution in [2.24, 2.45) is 0 Å². The number of amides is 2. The molecular weight excluding hydrogens is 534 g/mol. The van der Waals surface area contributed by atoms with Crippen LogP contribution in [0, 0.1) is 0 Å². The number of hydrogen-bond donors (Lipinski definition) is 0. The first-order chi connectivity index (χ1) is 18.6. The molecular formula is C28H37N5O4S2. The van der Waals surface area contributed by atoms with Crippen LogP contribution >= 0.6 is 21.4 Å². The average molecular weight is 572 g/mol. The number of benzene rings is 1. The largest absolute Gasteiger partial charge is 0.485 e. The van der Waals surface area contributed by atoms with Gasteiger partial charge in [0.1, 0.15) is 36.2 Å². The number of aromatic nitrogens is 2. The molecule has 9 nitrogen and oxygen atoms in total. The first kappa shape index (κ1) is 28.7. The Labute approximate surface area is 236 Å². The fraction of sp³-hybridized carbons (Fsp3) is 0.429. The zero-order valence-electron chi connectivity index (χ0n) is 23.2. The predicted molar refractivity (Wildman–Crippen MR) is 160 cm³/mol. The van der Waals surface area contributed by atoms with Gasteiger partial charge in [0, 0.05) is 68.7 Å². The van der Waals surface area contributed by atoms with Crippen molar-refractivity contribution in [1.82, 2.24) is 14.9 Å². The minimum Gasteiger partial charge on any atom is -0.485 e. The number of rotatable bonds is 10. The van der Waals surface area contributed by atoms with E-state index in [0.29, 0.717) is 49.8 Å². The quantitative estimate of drug-likeness (QED) is 0.342. The minimum absolute atomic E-state index is 0.143. The molecule has 1 aliphatic heterocycles. The van der Waals surface area contributed by atoms with E-state index < -0.39 is 10.0 Å². The van der Waals surface area contributed by atoms with Crippen molar-refractivity contribution >= 4 is 44.9 Å². The number of anilines is 2. The number of ether oxygens (including phenoxy) is 2. The highest BCUT2D eigenvalue weighted by atomic mass is 32.3. The van der Waals surface area contributed by atoms with Crippen LogP contribution < -0.4 is 14.5 Å². The molecule has 3 heterocycles. The second kappa shape index (κ2) is 12.7. The summed E-state index contributed by atoms with van der Waals surface area (Å²) in [7, 11) is 2.96. The monoisotopic (exact) mass is 571 g/mol. The first-order valence-corrected chi connectivity index (χ1v) is 16.7. The van der Waals surface area contributed by atoms with Crippen molar-refractivity contribution in [1.29, 1.82) is 0 Å². The molecule has 0 saturated carbocycles. The van der Waals surface area contributed by atoms with Crippen molar-refractivity contribution in [2.75, 3.05) is 74.7 Å². The van der Waals surface area contributed by atoms with Crippen molar-refractivity contribution in [3.63, 3.8) is 0 Å². The van der Waals surface area contributed by atoms with Gasteiger partial charge < -0.3 is 24.2 Å². The lowest BCUT2D eigenvalue weighted by molar-refractivity contribution is 0.0989. The third-order valence-electron chi connectivity index (χ3n) is 6.42. The van der Waals surface area contributed by atoms with E-state index in [0.717, 1.165) is 16.3 Å². The molecule has 0 fully saturated rings. The van der Waals surface area contributed by atoms with Crippen LogP contribution in [0.25, 0.3) is 0 Å². The Bertz CT molecular complexity index is 1260. The predicted octanol–water partition coefficient (Wildman–Crippen LogP) is 4.91. The van der Waals surface area contributed by atoms with E-state index in [1.807, 2.05) is 53.7 Å². The summed E-state index contributed by atoms with van der Waals surface area (Å²) in [5.74, 6) is 2.03. The van der Waals surface area contributed by atoms with Crippen molar-refractivity contribution in [2.45, 2.75) is 12.5 Å². The molecule has 1 aliphatic rings.